The molecule has 0 unspecified atom stereocenters. The summed E-state index contributed by atoms with van der Waals surface area (Å²) in [6.07, 6.45) is 1.08. The Kier molecular flexibility index (Phi) is 6.57. The number of ether oxygens (including phenoxy) is 1. The second kappa shape index (κ2) is 8.87. The molecule has 5 heteroatoms. The topological polar surface area (TPSA) is 67.4 Å². The van der Waals surface area contributed by atoms with E-state index in [1.807, 2.05) is 24.3 Å². The van der Waals surface area contributed by atoms with Crippen molar-refractivity contribution in [2.75, 3.05) is 17.2 Å². The van der Waals surface area contributed by atoms with Gasteiger partial charge in [-0.1, -0.05) is 38.1 Å². The summed E-state index contributed by atoms with van der Waals surface area (Å²) in [6.45, 7) is 5.61. The molecular formula is C20H24N2O3. The number of nitrogens with one attached hydrogen (secondary N) is 2. The Balaban J connectivity index is 1.92. The molecule has 5 nitrogen and oxygen atoms in total. The number of benzene rings is 2. The number of carbonyl (C=O) groups excluding carboxylic acids is 2. The first kappa shape index (κ1) is 18.5. The van der Waals surface area contributed by atoms with E-state index in [0.29, 0.717) is 17.4 Å². The molecule has 0 radical (unpaired) electrons. The molecule has 2 rings (SSSR count). The molecule has 0 heterocycles. The summed E-state index contributed by atoms with van der Waals surface area (Å²) in [6, 6.07) is 14.8. The lowest BCUT2D eigenvalue weighted by molar-refractivity contribution is -0.118. The van der Waals surface area contributed by atoms with Crippen LogP contribution in [0.4, 0.5) is 11.4 Å². The van der Waals surface area contributed by atoms with Gasteiger partial charge in [0.2, 0.25) is 5.91 Å². The van der Waals surface area contributed by atoms with E-state index in [-0.39, 0.29) is 18.4 Å². The molecule has 0 spiro atoms. The zero-order chi connectivity index (χ0) is 18.2. The minimum Gasteiger partial charge on any atom is -0.482 e. The van der Waals surface area contributed by atoms with Gasteiger partial charge in [0.05, 0.1) is 5.69 Å². The minimum atomic E-state index is -0.256. The fraction of sp³-hybridized carbons (Fsp3) is 0.300. The summed E-state index contributed by atoms with van der Waals surface area (Å²) in [4.78, 5) is 23.3. The molecule has 2 aromatic carbocycles. The van der Waals surface area contributed by atoms with E-state index in [0.717, 1.165) is 12.1 Å². The summed E-state index contributed by atoms with van der Waals surface area (Å²) in [7, 11) is 0. The zero-order valence-corrected chi connectivity index (χ0v) is 14.8. The molecule has 0 aliphatic carbocycles. The van der Waals surface area contributed by atoms with Crippen LogP contribution >= 0.6 is 0 Å². The van der Waals surface area contributed by atoms with Crippen molar-refractivity contribution in [1.29, 1.82) is 0 Å². The summed E-state index contributed by atoms with van der Waals surface area (Å²) in [5.41, 5.74) is 2.53. The van der Waals surface area contributed by atoms with Crippen molar-refractivity contribution in [3.05, 3.63) is 54.1 Å². The highest BCUT2D eigenvalue weighted by Gasteiger charge is 2.09. The van der Waals surface area contributed by atoms with E-state index in [2.05, 4.69) is 24.5 Å². The van der Waals surface area contributed by atoms with Gasteiger partial charge in [-0.25, -0.2) is 0 Å². The highest BCUT2D eigenvalue weighted by molar-refractivity contribution is 5.92. The van der Waals surface area contributed by atoms with Gasteiger partial charge in [0, 0.05) is 12.6 Å². The van der Waals surface area contributed by atoms with Gasteiger partial charge >= 0.3 is 0 Å². The van der Waals surface area contributed by atoms with Gasteiger partial charge in [0.25, 0.3) is 5.91 Å². The first-order valence-electron chi connectivity index (χ1n) is 8.38. The van der Waals surface area contributed by atoms with Crippen LogP contribution in [0, 0.1) is 0 Å². The Bertz CT molecular complexity index is 726. The van der Waals surface area contributed by atoms with Gasteiger partial charge in [-0.05, 0) is 42.2 Å². The highest BCUT2D eigenvalue weighted by atomic mass is 16.5. The number of hydrogen-bond acceptors (Lipinski definition) is 3. The Morgan fingerprint density at radius 2 is 1.72 bits per heavy atom. The maximum atomic E-state index is 12.1. The van der Waals surface area contributed by atoms with E-state index in [1.54, 1.807) is 24.3 Å². The molecule has 25 heavy (non-hydrogen) atoms. The van der Waals surface area contributed by atoms with Gasteiger partial charge in [-0.15, -0.1) is 0 Å². The monoisotopic (exact) mass is 340 g/mol. The Morgan fingerprint density at radius 3 is 2.36 bits per heavy atom. The fourth-order valence-corrected chi connectivity index (χ4v) is 2.36. The molecule has 0 aliphatic heterocycles. The minimum absolute atomic E-state index is 0.135. The van der Waals surface area contributed by atoms with Gasteiger partial charge in [-0.3, -0.25) is 9.59 Å². The summed E-state index contributed by atoms with van der Waals surface area (Å²) in [5.74, 6) is 0.508. The van der Waals surface area contributed by atoms with Crippen LogP contribution in [0.2, 0.25) is 0 Å². The van der Waals surface area contributed by atoms with Crippen LogP contribution in [0.3, 0.4) is 0 Å². The molecule has 2 N–H and O–H groups in total. The third kappa shape index (κ3) is 5.64. The average molecular weight is 340 g/mol. The Labute approximate surface area is 148 Å². The quantitative estimate of drug-likeness (QED) is 0.795. The molecule has 0 bridgehead atoms. The first-order chi connectivity index (χ1) is 12.0. The molecule has 0 saturated carbocycles. The van der Waals surface area contributed by atoms with Crippen molar-refractivity contribution in [2.45, 2.75) is 33.1 Å². The molecule has 0 aliphatic rings. The van der Waals surface area contributed by atoms with Crippen LogP contribution in [0.15, 0.2) is 48.5 Å². The SMILES string of the molecule is CC[C@H](C)c1ccc(NC(=O)COc2ccccc2NC(C)=O)cc1. The number of rotatable bonds is 7. The van der Waals surface area contributed by atoms with Crippen LogP contribution in [0.5, 0.6) is 5.75 Å². The largest absolute Gasteiger partial charge is 0.482 e. The van der Waals surface area contributed by atoms with Crippen LogP contribution in [-0.2, 0) is 9.59 Å². The summed E-state index contributed by atoms with van der Waals surface area (Å²) < 4.78 is 5.52. The molecule has 1 atom stereocenters. The normalized spacial score (nSPS) is 11.5. The second-order valence-corrected chi connectivity index (χ2v) is 5.95. The molecule has 132 valence electrons. The van der Waals surface area contributed by atoms with E-state index >= 15 is 0 Å². The maximum Gasteiger partial charge on any atom is 0.262 e. The van der Waals surface area contributed by atoms with Crippen LogP contribution < -0.4 is 15.4 Å². The Morgan fingerprint density at radius 1 is 1.04 bits per heavy atom. The van der Waals surface area contributed by atoms with E-state index in [4.69, 9.17) is 4.74 Å². The Hall–Kier alpha value is -2.82. The van der Waals surface area contributed by atoms with Crippen molar-refractivity contribution in [1.82, 2.24) is 0 Å². The van der Waals surface area contributed by atoms with Crippen LogP contribution in [0.25, 0.3) is 0 Å². The predicted molar refractivity (Wildman–Crippen MR) is 100 cm³/mol. The number of amides is 2. The first-order valence-corrected chi connectivity index (χ1v) is 8.38. The van der Waals surface area contributed by atoms with E-state index in [1.165, 1.54) is 12.5 Å². The lowest BCUT2D eigenvalue weighted by Gasteiger charge is -2.12. The van der Waals surface area contributed by atoms with Gasteiger partial charge in [0.15, 0.2) is 6.61 Å². The lowest BCUT2D eigenvalue weighted by Crippen LogP contribution is -2.20. The van der Waals surface area contributed by atoms with Crippen molar-refractivity contribution in [3.8, 4) is 5.75 Å². The maximum absolute atomic E-state index is 12.1. The van der Waals surface area contributed by atoms with Crippen LogP contribution in [0.1, 0.15) is 38.7 Å². The number of para-hydroxylation sites is 2. The molecular weight excluding hydrogens is 316 g/mol. The van der Waals surface area contributed by atoms with Gasteiger partial charge in [0.1, 0.15) is 5.75 Å². The fourth-order valence-electron chi connectivity index (χ4n) is 2.36. The molecule has 2 amide bonds. The van der Waals surface area contributed by atoms with E-state index in [9.17, 15) is 9.59 Å². The molecule has 0 fully saturated rings. The van der Waals surface area contributed by atoms with Crippen molar-refractivity contribution >= 4 is 23.2 Å². The number of carbonyl (C=O) groups is 2. The smallest absolute Gasteiger partial charge is 0.262 e. The lowest BCUT2D eigenvalue weighted by atomic mass is 9.99. The summed E-state index contributed by atoms with van der Waals surface area (Å²) >= 11 is 0. The van der Waals surface area contributed by atoms with Crippen LogP contribution in [-0.4, -0.2) is 18.4 Å². The zero-order valence-electron chi connectivity index (χ0n) is 14.8. The number of anilines is 2. The van der Waals surface area contributed by atoms with E-state index < -0.39 is 0 Å². The standard InChI is InChI=1S/C20H24N2O3/c1-4-14(2)16-9-11-17(12-10-16)22-20(24)13-25-19-8-6-5-7-18(19)21-15(3)23/h5-12,14H,4,13H2,1-3H3,(H,21,23)(H,22,24)/t14-/m0/s1. The number of hydrogen-bond donors (Lipinski definition) is 2. The third-order valence-electron chi connectivity index (χ3n) is 3.93. The summed E-state index contributed by atoms with van der Waals surface area (Å²) in [5, 5.41) is 5.48. The molecule has 2 aromatic rings. The molecule has 0 aromatic heterocycles. The van der Waals surface area contributed by atoms with Crippen molar-refractivity contribution in [2.24, 2.45) is 0 Å². The second-order valence-electron chi connectivity index (χ2n) is 5.95. The highest BCUT2D eigenvalue weighted by Crippen LogP contribution is 2.24. The predicted octanol–water partition coefficient (Wildman–Crippen LogP) is 4.18. The van der Waals surface area contributed by atoms with Gasteiger partial charge < -0.3 is 15.4 Å². The van der Waals surface area contributed by atoms with Crippen molar-refractivity contribution < 1.29 is 14.3 Å². The molecule has 0 saturated heterocycles. The third-order valence-corrected chi connectivity index (χ3v) is 3.93. The van der Waals surface area contributed by atoms with Gasteiger partial charge in [-0.2, -0.15) is 0 Å². The average Bonchev–Trinajstić information content (AvgIpc) is 2.60. The van der Waals surface area contributed by atoms with Crippen molar-refractivity contribution in [3.63, 3.8) is 0 Å².